The smallest absolute Gasteiger partial charge is 0.326 e. The van der Waals surface area contributed by atoms with Crippen molar-refractivity contribution in [1.82, 2.24) is 0 Å². The van der Waals surface area contributed by atoms with Crippen LogP contribution in [0.2, 0.25) is 0 Å². The highest BCUT2D eigenvalue weighted by Gasteiger charge is 2.34. The monoisotopic (exact) mass is 386 g/mol. The minimum atomic E-state index is -0.153. The Morgan fingerprint density at radius 3 is 2.61 bits per heavy atom. The molecular formula is C24H38N2O2. The van der Waals surface area contributed by atoms with Crippen LogP contribution in [-0.2, 0) is 9.53 Å². The summed E-state index contributed by atoms with van der Waals surface area (Å²) < 4.78 is 6.06. The first kappa shape index (κ1) is 22.4. The maximum absolute atomic E-state index is 13.0. The lowest BCUT2D eigenvalue weighted by Crippen LogP contribution is -2.41. The fourth-order valence-corrected chi connectivity index (χ4v) is 4.38. The average molecular weight is 387 g/mol. The standard InChI is InChI=1S/C24H38N2O2/c1-8-23(25-7)26(21-13-17(4)9-11-19(21)6)15-24(27)28-22-14-18(5)10-12-20(22)16(2)3/h9,11,13,16,18,20,22H,8,10,12,14-15H2,1-7H3/t18-,20+,22-/m1/s1. The summed E-state index contributed by atoms with van der Waals surface area (Å²) in [6.07, 6.45) is 4.15. The summed E-state index contributed by atoms with van der Waals surface area (Å²) in [5, 5.41) is 0. The molecule has 3 atom stereocenters. The molecule has 0 aliphatic heterocycles. The molecule has 0 bridgehead atoms. The molecular weight excluding hydrogens is 348 g/mol. The van der Waals surface area contributed by atoms with Gasteiger partial charge in [0.15, 0.2) is 0 Å². The molecule has 1 aromatic carbocycles. The second kappa shape index (κ2) is 10.1. The first-order chi connectivity index (χ1) is 13.3. The number of aliphatic imine (C=N–C) groups is 1. The van der Waals surface area contributed by atoms with Crippen molar-refractivity contribution < 1.29 is 9.53 Å². The number of carbonyl (C=O) groups excluding carboxylic acids is 1. The second-order valence-corrected chi connectivity index (χ2v) is 8.72. The number of aryl methyl sites for hydroxylation is 2. The van der Waals surface area contributed by atoms with Crippen molar-refractivity contribution in [2.45, 2.75) is 73.3 Å². The third kappa shape index (κ3) is 5.59. The highest BCUT2D eigenvalue weighted by atomic mass is 16.5. The minimum Gasteiger partial charge on any atom is -0.461 e. The Morgan fingerprint density at radius 2 is 2.00 bits per heavy atom. The van der Waals surface area contributed by atoms with Crippen molar-refractivity contribution in [3.63, 3.8) is 0 Å². The minimum absolute atomic E-state index is 0.0281. The predicted octanol–water partition coefficient (Wildman–Crippen LogP) is 5.55. The molecule has 28 heavy (non-hydrogen) atoms. The van der Waals surface area contributed by atoms with E-state index in [2.05, 4.69) is 64.7 Å². The summed E-state index contributed by atoms with van der Waals surface area (Å²) >= 11 is 0. The van der Waals surface area contributed by atoms with E-state index in [4.69, 9.17) is 4.74 Å². The molecule has 0 spiro atoms. The van der Waals surface area contributed by atoms with Crippen LogP contribution in [0.4, 0.5) is 5.69 Å². The van der Waals surface area contributed by atoms with Gasteiger partial charge in [-0.3, -0.25) is 9.79 Å². The van der Waals surface area contributed by atoms with Gasteiger partial charge in [-0.25, -0.2) is 0 Å². The van der Waals surface area contributed by atoms with Crippen LogP contribution in [0.3, 0.4) is 0 Å². The average Bonchev–Trinajstić information content (AvgIpc) is 2.63. The van der Waals surface area contributed by atoms with Gasteiger partial charge in [0.2, 0.25) is 0 Å². The van der Waals surface area contributed by atoms with Crippen LogP contribution in [0.5, 0.6) is 0 Å². The molecule has 0 unspecified atom stereocenters. The molecule has 0 saturated heterocycles. The number of esters is 1. The van der Waals surface area contributed by atoms with Crippen molar-refractivity contribution in [3.8, 4) is 0 Å². The van der Waals surface area contributed by atoms with E-state index in [0.717, 1.165) is 36.3 Å². The van der Waals surface area contributed by atoms with Crippen LogP contribution in [0, 0.1) is 31.6 Å². The number of carbonyl (C=O) groups is 1. The van der Waals surface area contributed by atoms with Gasteiger partial charge in [0.25, 0.3) is 0 Å². The van der Waals surface area contributed by atoms with E-state index >= 15 is 0 Å². The number of amidine groups is 1. The predicted molar refractivity (Wildman–Crippen MR) is 118 cm³/mol. The maximum Gasteiger partial charge on any atom is 0.326 e. The van der Waals surface area contributed by atoms with Crippen molar-refractivity contribution in [1.29, 1.82) is 0 Å². The summed E-state index contributed by atoms with van der Waals surface area (Å²) in [6.45, 7) is 13.2. The SMILES string of the molecule is CCC(=NC)N(CC(=O)O[C@@H]1C[C@H](C)CC[C@H]1C(C)C)c1cc(C)ccc1C. The van der Waals surface area contributed by atoms with Crippen LogP contribution in [0.25, 0.3) is 0 Å². The number of benzene rings is 1. The largest absolute Gasteiger partial charge is 0.461 e. The van der Waals surface area contributed by atoms with Gasteiger partial charge in [-0.05, 0) is 61.6 Å². The Kier molecular flexibility index (Phi) is 8.09. The van der Waals surface area contributed by atoms with E-state index in [1.807, 2.05) is 4.90 Å². The van der Waals surface area contributed by atoms with Crippen molar-refractivity contribution >= 4 is 17.5 Å². The van der Waals surface area contributed by atoms with Gasteiger partial charge in [-0.15, -0.1) is 0 Å². The van der Waals surface area contributed by atoms with Gasteiger partial charge in [0.05, 0.1) is 0 Å². The summed E-state index contributed by atoms with van der Waals surface area (Å²) in [6, 6.07) is 6.33. The molecule has 4 heteroatoms. The number of hydrogen-bond acceptors (Lipinski definition) is 3. The highest BCUT2D eigenvalue weighted by Crippen LogP contribution is 2.35. The van der Waals surface area contributed by atoms with E-state index in [1.54, 1.807) is 7.05 Å². The van der Waals surface area contributed by atoms with Gasteiger partial charge in [0.1, 0.15) is 18.5 Å². The maximum atomic E-state index is 13.0. The van der Waals surface area contributed by atoms with Gasteiger partial charge >= 0.3 is 5.97 Å². The van der Waals surface area contributed by atoms with Crippen LogP contribution in [0.1, 0.15) is 64.5 Å². The van der Waals surface area contributed by atoms with E-state index in [1.165, 1.54) is 12.0 Å². The molecule has 1 aliphatic rings. The zero-order valence-electron chi connectivity index (χ0n) is 18.8. The summed E-state index contributed by atoms with van der Waals surface area (Å²) in [5.74, 6) is 2.36. The summed E-state index contributed by atoms with van der Waals surface area (Å²) in [5.41, 5.74) is 3.35. The van der Waals surface area contributed by atoms with Gasteiger partial charge < -0.3 is 9.64 Å². The zero-order valence-corrected chi connectivity index (χ0v) is 18.8. The van der Waals surface area contributed by atoms with Crippen LogP contribution >= 0.6 is 0 Å². The molecule has 0 N–H and O–H groups in total. The Balaban J connectivity index is 2.21. The fraction of sp³-hybridized carbons (Fsp3) is 0.667. The van der Waals surface area contributed by atoms with Crippen LogP contribution in [0.15, 0.2) is 23.2 Å². The summed E-state index contributed by atoms with van der Waals surface area (Å²) in [7, 11) is 1.79. The van der Waals surface area contributed by atoms with Crippen molar-refractivity contribution in [2.75, 3.05) is 18.5 Å². The fourth-order valence-electron chi connectivity index (χ4n) is 4.38. The number of nitrogens with zero attached hydrogens (tertiary/aromatic N) is 2. The lowest BCUT2D eigenvalue weighted by atomic mass is 9.75. The lowest BCUT2D eigenvalue weighted by Gasteiger charge is -2.37. The Hall–Kier alpha value is -1.84. The quantitative estimate of drug-likeness (QED) is 0.365. The number of rotatable bonds is 6. The molecule has 1 aliphatic carbocycles. The van der Waals surface area contributed by atoms with E-state index in [-0.39, 0.29) is 18.6 Å². The van der Waals surface area contributed by atoms with Gasteiger partial charge in [-0.2, -0.15) is 0 Å². The third-order valence-electron chi connectivity index (χ3n) is 6.07. The first-order valence-electron chi connectivity index (χ1n) is 10.8. The molecule has 1 saturated carbocycles. The molecule has 0 heterocycles. The molecule has 2 rings (SSSR count). The molecule has 1 aromatic rings. The Morgan fingerprint density at radius 1 is 1.29 bits per heavy atom. The normalized spacial score (nSPS) is 23.0. The first-order valence-corrected chi connectivity index (χ1v) is 10.8. The van der Waals surface area contributed by atoms with Crippen LogP contribution < -0.4 is 4.90 Å². The topological polar surface area (TPSA) is 41.9 Å². The van der Waals surface area contributed by atoms with Gasteiger partial charge in [0, 0.05) is 19.2 Å². The zero-order chi connectivity index (χ0) is 20.8. The van der Waals surface area contributed by atoms with E-state index < -0.39 is 0 Å². The molecule has 4 nitrogen and oxygen atoms in total. The molecule has 0 aromatic heterocycles. The Bertz CT molecular complexity index is 696. The molecule has 156 valence electrons. The Labute approximate surface area is 171 Å². The van der Waals surface area contributed by atoms with Gasteiger partial charge in [-0.1, -0.05) is 46.2 Å². The number of hydrogen-bond donors (Lipinski definition) is 0. The lowest BCUT2D eigenvalue weighted by molar-refractivity contribution is -0.154. The molecule has 0 amide bonds. The number of ether oxygens (including phenoxy) is 1. The molecule has 1 fully saturated rings. The number of anilines is 1. The molecule has 0 radical (unpaired) electrons. The van der Waals surface area contributed by atoms with E-state index in [9.17, 15) is 4.79 Å². The second-order valence-electron chi connectivity index (χ2n) is 8.72. The highest BCUT2D eigenvalue weighted by molar-refractivity contribution is 6.01. The van der Waals surface area contributed by atoms with E-state index in [0.29, 0.717) is 17.8 Å². The third-order valence-corrected chi connectivity index (χ3v) is 6.07. The summed E-state index contributed by atoms with van der Waals surface area (Å²) in [4.78, 5) is 19.5. The van der Waals surface area contributed by atoms with Crippen LogP contribution in [-0.4, -0.2) is 31.5 Å². The van der Waals surface area contributed by atoms with Crippen molar-refractivity contribution in [2.24, 2.45) is 22.7 Å². The van der Waals surface area contributed by atoms with Crippen molar-refractivity contribution in [3.05, 3.63) is 29.3 Å².